The lowest BCUT2D eigenvalue weighted by Crippen LogP contribution is -2.39. The topological polar surface area (TPSA) is 68.9 Å². The van der Waals surface area contributed by atoms with Gasteiger partial charge in [0.25, 0.3) is 0 Å². The van der Waals surface area contributed by atoms with E-state index in [0.717, 1.165) is 5.39 Å². The van der Waals surface area contributed by atoms with E-state index in [1.165, 1.54) is 6.07 Å². The molecule has 5 heteroatoms. The Balaban J connectivity index is 2.55. The first-order valence-electron chi connectivity index (χ1n) is 6.72. The van der Waals surface area contributed by atoms with Crippen molar-refractivity contribution in [1.29, 1.82) is 0 Å². The van der Waals surface area contributed by atoms with Crippen molar-refractivity contribution in [1.82, 2.24) is 0 Å². The average molecular weight is 292 g/mol. The quantitative estimate of drug-likeness (QED) is 0.855. The largest absolute Gasteiger partial charge is 0.496 e. The molecule has 21 heavy (non-hydrogen) atoms. The fourth-order valence-electron chi connectivity index (χ4n) is 2.13. The van der Waals surface area contributed by atoms with Crippen LogP contribution in [0, 0.1) is 0 Å². The van der Waals surface area contributed by atoms with Crippen LogP contribution in [0.1, 0.15) is 19.4 Å². The molecule has 0 bridgehead atoms. The monoisotopic (exact) mass is 292 g/mol. The maximum Gasteiger partial charge on any atom is 0.336 e. The third kappa shape index (κ3) is 3.09. The van der Waals surface area contributed by atoms with Crippen LogP contribution >= 0.6 is 0 Å². The summed E-state index contributed by atoms with van der Waals surface area (Å²) in [6.07, 6.45) is -0.513. The van der Waals surface area contributed by atoms with Crippen LogP contribution in [0.15, 0.2) is 33.5 Å². The minimum absolute atomic E-state index is 0.258. The number of ether oxygens (including phenoxy) is 2. The van der Waals surface area contributed by atoms with Crippen molar-refractivity contribution in [2.24, 2.45) is 0 Å². The smallest absolute Gasteiger partial charge is 0.336 e. The van der Waals surface area contributed by atoms with Crippen molar-refractivity contribution in [3.8, 4) is 5.75 Å². The molecule has 0 aliphatic heterocycles. The van der Waals surface area contributed by atoms with Gasteiger partial charge in [0.15, 0.2) is 0 Å². The van der Waals surface area contributed by atoms with Crippen molar-refractivity contribution in [3.05, 3.63) is 40.2 Å². The number of rotatable bonds is 5. The Labute approximate surface area is 123 Å². The first kappa shape index (κ1) is 15.5. The third-order valence-corrected chi connectivity index (χ3v) is 3.80. The molecule has 0 radical (unpaired) electrons. The lowest BCUT2D eigenvalue weighted by atomic mass is 9.93. The molecule has 1 N–H and O–H groups in total. The summed E-state index contributed by atoms with van der Waals surface area (Å²) in [6.45, 7) is 3.59. The van der Waals surface area contributed by atoms with E-state index >= 15 is 0 Å². The normalized spacial score (nSPS) is 13.4. The van der Waals surface area contributed by atoms with Crippen LogP contribution in [0.2, 0.25) is 0 Å². The zero-order chi connectivity index (χ0) is 15.6. The second-order valence-electron chi connectivity index (χ2n) is 5.45. The van der Waals surface area contributed by atoms with Crippen LogP contribution < -0.4 is 10.4 Å². The van der Waals surface area contributed by atoms with Gasteiger partial charge in [-0.1, -0.05) is 0 Å². The van der Waals surface area contributed by atoms with Crippen molar-refractivity contribution in [2.45, 2.75) is 32.0 Å². The summed E-state index contributed by atoms with van der Waals surface area (Å²) in [4.78, 5) is 11.5. The van der Waals surface area contributed by atoms with Gasteiger partial charge in [0.2, 0.25) is 0 Å². The Morgan fingerprint density at radius 3 is 2.52 bits per heavy atom. The summed E-state index contributed by atoms with van der Waals surface area (Å²) in [5, 5.41) is 11.2. The van der Waals surface area contributed by atoms with Gasteiger partial charge >= 0.3 is 5.63 Å². The Kier molecular flexibility index (Phi) is 4.34. The Morgan fingerprint density at radius 2 is 1.90 bits per heavy atom. The maximum absolute atomic E-state index is 11.5. The molecule has 0 spiro atoms. The van der Waals surface area contributed by atoms with E-state index in [0.29, 0.717) is 16.9 Å². The van der Waals surface area contributed by atoms with E-state index in [2.05, 4.69) is 0 Å². The van der Waals surface area contributed by atoms with Gasteiger partial charge in [-0.2, -0.15) is 0 Å². The molecule has 5 nitrogen and oxygen atoms in total. The van der Waals surface area contributed by atoms with E-state index in [-0.39, 0.29) is 6.42 Å². The predicted octanol–water partition coefficient (Wildman–Crippen LogP) is 2.13. The van der Waals surface area contributed by atoms with E-state index < -0.39 is 17.3 Å². The minimum Gasteiger partial charge on any atom is -0.496 e. The molecule has 114 valence electrons. The zero-order valence-electron chi connectivity index (χ0n) is 12.7. The number of benzene rings is 1. The van der Waals surface area contributed by atoms with E-state index in [1.54, 1.807) is 40.2 Å². The van der Waals surface area contributed by atoms with Gasteiger partial charge in [-0.25, -0.2) is 4.79 Å². The summed E-state index contributed by atoms with van der Waals surface area (Å²) in [7, 11) is 3.09. The molecule has 1 atom stereocenters. The van der Waals surface area contributed by atoms with Gasteiger partial charge in [0.05, 0.1) is 18.8 Å². The van der Waals surface area contributed by atoms with E-state index in [9.17, 15) is 9.90 Å². The van der Waals surface area contributed by atoms with Gasteiger partial charge in [0, 0.05) is 30.5 Å². The molecule has 2 aromatic rings. The number of aliphatic hydroxyl groups is 1. The van der Waals surface area contributed by atoms with E-state index in [4.69, 9.17) is 13.9 Å². The van der Waals surface area contributed by atoms with Crippen molar-refractivity contribution < 1.29 is 19.0 Å². The predicted molar refractivity (Wildman–Crippen MR) is 79.8 cm³/mol. The number of aliphatic hydroxyl groups excluding tert-OH is 1. The summed E-state index contributed by atoms with van der Waals surface area (Å²) in [5.41, 5.74) is -0.0574. The summed E-state index contributed by atoms with van der Waals surface area (Å²) >= 11 is 0. The van der Waals surface area contributed by atoms with Crippen LogP contribution in [-0.4, -0.2) is 31.0 Å². The van der Waals surface area contributed by atoms with Crippen LogP contribution in [0.4, 0.5) is 0 Å². The fourth-order valence-corrected chi connectivity index (χ4v) is 2.13. The van der Waals surface area contributed by atoms with Gasteiger partial charge in [0.1, 0.15) is 11.3 Å². The number of hydrogen-bond acceptors (Lipinski definition) is 5. The number of hydrogen-bond donors (Lipinski definition) is 1. The van der Waals surface area contributed by atoms with Crippen LogP contribution in [0.5, 0.6) is 5.75 Å². The Morgan fingerprint density at radius 1 is 1.24 bits per heavy atom. The molecule has 1 heterocycles. The molecule has 0 fully saturated rings. The maximum atomic E-state index is 11.5. The van der Waals surface area contributed by atoms with Crippen molar-refractivity contribution in [3.63, 3.8) is 0 Å². The van der Waals surface area contributed by atoms with Crippen LogP contribution in [0.3, 0.4) is 0 Å². The minimum atomic E-state index is -0.771. The Hall–Kier alpha value is -1.85. The molecular formula is C16H20O5. The van der Waals surface area contributed by atoms with Crippen molar-refractivity contribution >= 4 is 11.0 Å². The summed E-state index contributed by atoms with van der Waals surface area (Å²) < 4.78 is 15.9. The molecule has 0 saturated heterocycles. The molecule has 0 amide bonds. The van der Waals surface area contributed by atoms with Gasteiger partial charge < -0.3 is 19.0 Å². The fraction of sp³-hybridized carbons (Fsp3) is 0.438. The molecule has 0 aliphatic carbocycles. The van der Waals surface area contributed by atoms with Gasteiger partial charge in [-0.05, 0) is 32.0 Å². The zero-order valence-corrected chi connectivity index (χ0v) is 12.7. The van der Waals surface area contributed by atoms with Crippen molar-refractivity contribution in [2.75, 3.05) is 14.2 Å². The highest BCUT2D eigenvalue weighted by Crippen LogP contribution is 2.30. The highest BCUT2D eigenvalue weighted by molar-refractivity contribution is 5.82. The highest BCUT2D eigenvalue weighted by Gasteiger charge is 2.29. The Bertz CT molecular complexity index is 687. The lowest BCUT2D eigenvalue weighted by Gasteiger charge is -2.29. The number of methoxy groups -OCH3 is 2. The molecule has 0 aliphatic rings. The molecule has 2 rings (SSSR count). The summed E-state index contributed by atoms with van der Waals surface area (Å²) in [6, 6.07) is 6.67. The first-order chi connectivity index (χ1) is 9.89. The molecule has 1 aromatic carbocycles. The SMILES string of the molecule is COc1ccc2ccc(=O)oc2c1C[C@@H](O)C(C)(C)OC. The molecule has 1 aromatic heterocycles. The van der Waals surface area contributed by atoms with Gasteiger partial charge in [-0.15, -0.1) is 0 Å². The average Bonchev–Trinajstić information content (AvgIpc) is 2.47. The molecule has 0 unspecified atom stereocenters. The summed E-state index contributed by atoms with van der Waals surface area (Å²) in [5.74, 6) is 0.572. The van der Waals surface area contributed by atoms with Crippen LogP contribution in [-0.2, 0) is 11.2 Å². The molecular weight excluding hydrogens is 272 g/mol. The standard InChI is InChI=1S/C16H20O5/c1-16(2,20-4)13(17)9-11-12(19-3)7-5-10-6-8-14(18)21-15(10)11/h5-8,13,17H,9H2,1-4H3/t13-/m1/s1. The molecule has 0 saturated carbocycles. The van der Waals surface area contributed by atoms with E-state index in [1.807, 2.05) is 6.07 Å². The third-order valence-electron chi connectivity index (χ3n) is 3.80. The highest BCUT2D eigenvalue weighted by atomic mass is 16.5. The lowest BCUT2D eigenvalue weighted by molar-refractivity contribution is -0.0765. The van der Waals surface area contributed by atoms with Gasteiger partial charge in [-0.3, -0.25) is 0 Å². The second kappa shape index (κ2) is 5.87. The second-order valence-corrected chi connectivity index (χ2v) is 5.45. The van der Waals surface area contributed by atoms with Crippen LogP contribution in [0.25, 0.3) is 11.0 Å². The number of fused-ring (bicyclic) bond motifs is 1. The first-order valence-corrected chi connectivity index (χ1v) is 6.72.